The maximum absolute atomic E-state index is 6.45. The molecular formula is C46H29NOS. The molecule has 0 atom stereocenters. The van der Waals surface area contributed by atoms with Crippen molar-refractivity contribution in [3.05, 3.63) is 176 Å². The van der Waals surface area contributed by atoms with Gasteiger partial charge in [-0.15, -0.1) is 11.3 Å². The predicted molar refractivity (Wildman–Crippen MR) is 210 cm³/mol. The van der Waals surface area contributed by atoms with Crippen molar-refractivity contribution >= 4 is 81.3 Å². The molecule has 0 saturated carbocycles. The van der Waals surface area contributed by atoms with Gasteiger partial charge in [0.2, 0.25) is 0 Å². The van der Waals surface area contributed by atoms with Gasteiger partial charge in [0.1, 0.15) is 11.2 Å². The zero-order chi connectivity index (χ0) is 32.3. The van der Waals surface area contributed by atoms with Crippen LogP contribution in [0.25, 0.3) is 75.1 Å². The molecule has 0 aliphatic rings. The summed E-state index contributed by atoms with van der Waals surface area (Å²) in [5.74, 6) is 0. The topological polar surface area (TPSA) is 16.4 Å². The Kier molecular flexibility index (Phi) is 6.39. The molecule has 0 amide bonds. The number of furan rings is 1. The highest BCUT2D eigenvalue weighted by Gasteiger charge is 2.22. The second-order valence-electron chi connectivity index (χ2n) is 12.5. The average Bonchev–Trinajstić information content (AvgIpc) is 3.74. The van der Waals surface area contributed by atoms with Crippen LogP contribution in [0.15, 0.2) is 180 Å². The molecule has 2 nitrogen and oxygen atoms in total. The number of nitrogens with zero attached hydrogens (tertiary/aromatic N) is 1. The lowest BCUT2D eigenvalue weighted by molar-refractivity contribution is 0.669. The summed E-state index contributed by atoms with van der Waals surface area (Å²) in [4.78, 5) is 2.43. The van der Waals surface area contributed by atoms with Crippen molar-refractivity contribution in [2.75, 3.05) is 4.90 Å². The minimum absolute atomic E-state index is 0.877. The fourth-order valence-corrected chi connectivity index (χ4v) is 8.70. The molecule has 0 fully saturated rings. The minimum Gasteiger partial charge on any atom is -0.456 e. The van der Waals surface area contributed by atoms with E-state index in [1.54, 1.807) is 0 Å². The average molecular weight is 644 g/mol. The van der Waals surface area contributed by atoms with Crippen LogP contribution in [-0.2, 0) is 0 Å². The van der Waals surface area contributed by atoms with Crippen LogP contribution < -0.4 is 4.90 Å². The highest BCUT2D eigenvalue weighted by atomic mass is 32.1. The molecule has 0 unspecified atom stereocenters. The monoisotopic (exact) mass is 643 g/mol. The van der Waals surface area contributed by atoms with Crippen LogP contribution in [0.3, 0.4) is 0 Å². The third kappa shape index (κ3) is 4.55. The lowest BCUT2D eigenvalue weighted by Crippen LogP contribution is -2.11. The molecule has 0 saturated heterocycles. The third-order valence-corrected chi connectivity index (χ3v) is 10.9. The standard InChI is InChI=1S/C46H29NOS/c1-2-13-31(14-3-1)36-18-10-19-39-40-20-11-22-42(46(40)49-45(36)39)47(34-26-27-38-37-17-7-9-23-43(37)48-44(38)29-34)41-21-8-6-16-35(41)33-25-24-30-12-4-5-15-32(30)28-33/h1-29H. The lowest BCUT2D eigenvalue weighted by Gasteiger charge is -2.28. The molecule has 8 aromatic carbocycles. The third-order valence-electron chi connectivity index (χ3n) is 9.66. The van der Waals surface area contributed by atoms with E-state index in [1.165, 1.54) is 53.2 Å². The molecule has 230 valence electrons. The Balaban J connectivity index is 1.25. The Bertz CT molecular complexity index is 2840. The highest BCUT2D eigenvalue weighted by molar-refractivity contribution is 7.27. The maximum atomic E-state index is 6.45. The zero-order valence-corrected chi connectivity index (χ0v) is 27.3. The Morgan fingerprint density at radius 1 is 0.388 bits per heavy atom. The molecule has 0 bridgehead atoms. The molecule has 10 rings (SSSR count). The maximum Gasteiger partial charge on any atom is 0.137 e. The molecule has 0 radical (unpaired) electrons. The van der Waals surface area contributed by atoms with Gasteiger partial charge in [-0.3, -0.25) is 0 Å². The van der Waals surface area contributed by atoms with Crippen LogP contribution in [0.4, 0.5) is 17.1 Å². The van der Waals surface area contributed by atoms with E-state index in [0.29, 0.717) is 0 Å². The van der Waals surface area contributed by atoms with Crippen molar-refractivity contribution in [1.82, 2.24) is 0 Å². The normalized spacial score (nSPS) is 11.7. The van der Waals surface area contributed by atoms with E-state index >= 15 is 0 Å². The molecule has 49 heavy (non-hydrogen) atoms. The summed E-state index contributed by atoms with van der Waals surface area (Å²) >= 11 is 1.87. The molecule has 2 aromatic heterocycles. The zero-order valence-electron chi connectivity index (χ0n) is 26.5. The SMILES string of the molecule is c1ccc(-c2cccc3c2sc2c(N(c4ccc5c(c4)oc4ccccc45)c4ccccc4-c4ccc5ccccc5c4)cccc23)cc1. The smallest absolute Gasteiger partial charge is 0.137 e. The van der Waals surface area contributed by atoms with Crippen molar-refractivity contribution < 1.29 is 4.42 Å². The molecule has 0 aliphatic carbocycles. The number of benzene rings is 8. The van der Waals surface area contributed by atoms with Gasteiger partial charge in [-0.2, -0.15) is 0 Å². The van der Waals surface area contributed by atoms with Crippen molar-refractivity contribution in [1.29, 1.82) is 0 Å². The van der Waals surface area contributed by atoms with Crippen LogP contribution in [-0.4, -0.2) is 0 Å². The van der Waals surface area contributed by atoms with E-state index in [2.05, 4.69) is 169 Å². The van der Waals surface area contributed by atoms with Crippen LogP contribution in [0.2, 0.25) is 0 Å². The fraction of sp³-hybridized carbons (Fsp3) is 0. The number of fused-ring (bicyclic) bond motifs is 7. The largest absolute Gasteiger partial charge is 0.456 e. The van der Waals surface area contributed by atoms with Crippen LogP contribution in [0, 0.1) is 0 Å². The first-order valence-corrected chi connectivity index (χ1v) is 17.4. The summed E-state index contributed by atoms with van der Waals surface area (Å²) in [5, 5.41) is 7.25. The van der Waals surface area contributed by atoms with E-state index in [4.69, 9.17) is 4.42 Å². The van der Waals surface area contributed by atoms with Gasteiger partial charge in [-0.05, 0) is 63.9 Å². The number of hydrogen-bond acceptors (Lipinski definition) is 3. The van der Waals surface area contributed by atoms with Crippen LogP contribution in [0.5, 0.6) is 0 Å². The van der Waals surface area contributed by atoms with E-state index in [-0.39, 0.29) is 0 Å². The van der Waals surface area contributed by atoms with Crippen molar-refractivity contribution in [3.63, 3.8) is 0 Å². The molecular weight excluding hydrogens is 615 g/mol. The molecule has 10 aromatic rings. The van der Waals surface area contributed by atoms with E-state index < -0.39 is 0 Å². The van der Waals surface area contributed by atoms with E-state index in [1.807, 2.05) is 23.5 Å². The summed E-state index contributed by atoms with van der Waals surface area (Å²) in [6, 6.07) is 63.2. The quantitative estimate of drug-likeness (QED) is 0.186. The number of para-hydroxylation sites is 2. The van der Waals surface area contributed by atoms with Gasteiger partial charge >= 0.3 is 0 Å². The first-order chi connectivity index (χ1) is 24.3. The summed E-state index contributed by atoms with van der Waals surface area (Å²) < 4.78 is 9.00. The van der Waals surface area contributed by atoms with Gasteiger partial charge in [0, 0.05) is 43.6 Å². The highest BCUT2D eigenvalue weighted by Crippen LogP contribution is 2.49. The van der Waals surface area contributed by atoms with E-state index in [9.17, 15) is 0 Å². The van der Waals surface area contributed by atoms with Gasteiger partial charge in [0.15, 0.2) is 0 Å². The Labute approximate surface area is 287 Å². The Morgan fingerprint density at radius 3 is 1.98 bits per heavy atom. The van der Waals surface area contributed by atoms with Gasteiger partial charge in [-0.1, -0.05) is 133 Å². The number of rotatable bonds is 5. The molecule has 0 spiro atoms. The van der Waals surface area contributed by atoms with Gasteiger partial charge in [0.05, 0.1) is 16.1 Å². The van der Waals surface area contributed by atoms with Crippen molar-refractivity contribution in [3.8, 4) is 22.3 Å². The molecule has 3 heteroatoms. The van der Waals surface area contributed by atoms with E-state index in [0.717, 1.165) is 39.0 Å². The van der Waals surface area contributed by atoms with Crippen molar-refractivity contribution in [2.24, 2.45) is 0 Å². The number of thiophene rings is 1. The second-order valence-corrected chi connectivity index (χ2v) is 13.5. The van der Waals surface area contributed by atoms with Crippen LogP contribution in [0.1, 0.15) is 0 Å². The minimum atomic E-state index is 0.877. The molecule has 2 heterocycles. The Hall–Kier alpha value is -6.16. The lowest BCUT2D eigenvalue weighted by atomic mass is 9.98. The first kappa shape index (κ1) is 27.9. The predicted octanol–water partition coefficient (Wildman–Crippen LogP) is 13.9. The summed E-state index contributed by atoms with van der Waals surface area (Å²) in [5.41, 5.74) is 9.92. The summed E-state index contributed by atoms with van der Waals surface area (Å²) in [7, 11) is 0. The fourth-order valence-electron chi connectivity index (χ4n) is 7.36. The van der Waals surface area contributed by atoms with Crippen molar-refractivity contribution in [2.45, 2.75) is 0 Å². The molecule has 0 aliphatic heterocycles. The second kappa shape index (κ2) is 11.2. The molecule has 0 N–H and O–H groups in total. The number of anilines is 3. The number of hydrogen-bond donors (Lipinski definition) is 0. The first-order valence-electron chi connectivity index (χ1n) is 16.6. The van der Waals surface area contributed by atoms with Gasteiger partial charge in [0.25, 0.3) is 0 Å². The van der Waals surface area contributed by atoms with Gasteiger partial charge in [-0.25, -0.2) is 0 Å². The van der Waals surface area contributed by atoms with Crippen LogP contribution >= 0.6 is 11.3 Å². The Morgan fingerprint density at radius 2 is 1.06 bits per heavy atom. The van der Waals surface area contributed by atoms with Gasteiger partial charge < -0.3 is 9.32 Å². The summed E-state index contributed by atoms with van der Waals surface area (Å²) in [6.07, 6.45) is 0. The summed E-state index contributed by atoms with van der Waals surface area (Å²) in [6.45, 7) is 0.